The topological polar surface area (TPSA) is 86.4 Å². The molecule has 196 valence electrons. The molecule has 0 fully saturated rings. The number of aryl methyl sites for hydroxylation is 2. The van der Waals surface area contributed by atoms with Crippen LogP contribution in [0, 0.1) is 5.82 Å². The Bertz CT molecular complexity index is 1780. The molecule has 6 aromatic rings. The fourth-order valence-electron chi connectivity index (χ4n) is 5.06. The summed E-state index contributed by atoms with van der Waals surface area (Å²) in [7, 11) is 4.10. The summed E-state index contributed by atoms with van der Waals surface area (Å²) in [5.74, 6) is -0.229. The molecule has 0 aliphatic heterocycles. The second-order valence-electron chi connectivity index (χ2n) is 10.2. The first-order valence-corrected chi connectivity index (χ1v) is 13.2. The molecule has 7 nitrogen and oxygen atoms in total. The maximum atomic E-state index is 14.7. The van der Waals surface area contributed by atoms with Gasteiger partial charge in [0.05, 0.1) is 23.1 Å². The third kappa shape index (κ3) is 5.03. The minimum absolute atomic E-state index is 0.229. The molecule has 0 atom stereocenters. The van der Waals surface area contributed by atoms with E-state index in [2.05, 4.69) is 68.2 Å². The van der Waals surface area contributed by atoms with Crippen molar-refractivity contribution in [3.8, 4) is 33.8 Å². The average molecular weight is 520 g/mol. The average Bonchev–Trinajstić information content (AvgIpc) is 3.56. The van der Waals surface area contributed by atoms with Crippen molar-refractivity contribution in [2.24, 2.45) is 0 Å². The largest absolute Gasteiger partial charge is 0.338 e. The van der Waals surface area contributed by atoms with Crippen LogP contribution in [-0.4, -0.2) is 55.7 Å². The number of hydrogen-bond donors (Lipinski definition) is 2. The lowest BCUT2D eigenvalue weighted by Crippen LogP contribution is -2.13. The molecule has 5 heterocycles. The van der Waals surface area contributed by atoms with Gasteiger partial charge in [-0.3, -0.25) is 15.1 Å². The number of aromatic nitrogens is 6. The van der Waals surface area contributed by atoms with Crippen molar-refractivity contribution in [3.05, 3.63) is 84.2 Å². The molecular formula is C31H30FN7. The Morgan fingerprint density at radius 2 is 1.77 bits per heavy atom. The van der Waals surface area contributed by atoms with Crippen LogP contribution >= 0.6 is 0 Å². The smallest absolute Gasteiger partial charge is 0.138 e. The maximum absolute atomic E-state index is 14.7. The minimum atomic E-state index is -0.229. The molecule has 39 heavy (non-hydrogen) atoms. The van der Waals surface area contributed by atoms with E-state index in [-0.39, 0.29) is 5.82 Å². The van der Waals surface area contributed by atoms with E-state index in [4.69, 9.17) is 0 Å². The first kappa shape index (κ1) is 24.9. The Morgan fingerprint density at radius 1 is 0.897 bits per heavy atom. The van der Waals surface area contributed by atoms with E-state index in [0.717, 1.165) is 92.6 Å². The molecule has 5 aromatic heterocycles. The molecule has 2 N–H and O–H groups in total. The van der Waals surface area contributed by atoms with Gasteiger partial charge in [0.25, 0.3) is 0 Å². The van der Waals surface area contributed by atoms with Gasteiger partial charge in [-0.1, -0.05) is 13.0 Å². The Balaban J connectivity index is 1.40. The first-order chi connectivity index (χ1) is 19.0. The zero-order chi connectivity index (χ0) is 26.9. The molecule has 1 aromatic carbocycles. The van der Waals surface area contributed by atoms with Gasteiger partial charge >= 0.3 is 0 Å². The van der Waals surface area contributed by atoms with E-state index in [0.29, 0.717) is 0 Å². The monoisotopic (exact) mass is 519 g/mol. The number of rotatable bonds is 8. The highest BCUT2D eigenvalue weighted by molar-refractivity contribution is 6.00. The van der Waals surface area contributed by atoms with Gasteiger partial charge < -0.3 is 9.88 Å². The SMILES string of the molecule is CCc1cncc(-c2cc3c(-c4cc5c(-c6cc(F)cc(CCCN(C)C)c6)ccnc5[nH]4)n[nH]c3cn2)c1. The minimum Gasteiger partial charge on any atom is -0.338 e. The molecule has 8 heteroatoms. The number of pyridine rings is 3. The normalized spacial score (nSPS) is 11.7. The van der Waals surface area contributed by atoms with Crippen molar-refractivity contribution in [1.29, 1.82) is 0 Å². The highest BCUT2D eigenvalue weighted by Crippen LogP contribution is 2.34. The fraction of sp³-hybridized carbons (Fsp3) is 0.226. The van der Waals surface area contributed by atoms with Crippen molar-refractivity contribution >= 4 is 21.9 Å². The maximum Gasteiger partial charge on any atom is 0.138 e. The van der Waals surface area contributed by atoms with E-state index in [1.807, 2.05) is 30.6 Å². The summed E-state index contributed by atoms with van der Waals surface area (Å²) in [6, 6.07) is 13.5. The molecule has 6 rings (SSSR count). The van der Waals surface area contributed by atoms with Gasteiger partial charge in [-0.15, -0.1) is 0 Å². The standard InChI is InChI=1S/C31H30FN7/c1-4-19-10-22(17-33-16-19)27-15-26-29(18-35-27)37-38-30(26)28-14-25-24(7-8-34-31(25)36-28)21-11-20(12-23(32)13-21)6-5-9-39(2)3/h7-8,10-18H,4-6,9H2,1-3H3,(H,34,36)(H,37,38). The lowest BCUT2D eigenvalue weighted by Gasteiger charge is -2.10. The predicted molar refractivity (Wildman–Crippen MR) is 154 cm³/mol. The van der Waals surface area contributed by atoms with Crippen LogP contribution in [0.15, 0.2) is 67.3 Å². The van der Waals surface area contributed by atoms with Crippen LogP contribution in [0.4, 0.5) is 4.39 Å². The zero-order valence-corrected chi connectivity index (χ0v) is 22.3. The van der Waals surface area contributed by atoms with Crippen LogP contribution < -0.4 is 0 Å². The predicted octanol–water partition coefficient (Wildman–Crippen LogP) is 6.43. The van der Waals surface area contributed by atoms with E-state index in [1.54, 1.807) is 24.5 Å². The summed E-state index contributed by atoms with van der Waals surface area (Å²) in [6.07, 6.45) is 9.97. The van der Waals surface area contributed by atoms with Gasteiger partial charge in [0.2, 0.25) is 0 Å². The molecule has 0 saturated carbocycles. The van der Waals surface area contributed by atoms with E-state index < -0.39 is 0 Å². The van der Waals surface area contributed by atoms with Crippen LogP contribution in [0.3, 0.4) is 0 Å². The second kappa shape index (κ2) is 10.4. The van der Waals surface area contributed by atoms with Crippen molar-refractivity contribution in [2.75, 3.05) is 20.6 Å². The van der Waals surface area contributed by atoms with Crippen molar-refractivity contribution < 1.29 is 4.39 Å². The lowest BCUT2D eigenvalue weighted by atomic mass is 9.99. The van der Waals surface area contributed by atoms with Gasteiger partial charge in [-0.05, 0) is 98.6 Å². The molecule has 0 bridgehead atoms. The van der Waals surface area contributed by atoms with Crippen LogP contribution in [0.1, 0.15) is 24.5 Å². The third-order valence-corrected chi connectivity index (χ3v) is 7.07. The zero-order valence-electron chi connectivity index (χ0n) is 22.3. The van der Waals surface area contributed by atoms with Gasteiger partial charge in [-0.25, -0.2) is 9.37 Å². The lowest BCUT2D eigenvalue weighted by molar-refractivity contribution is 0.400. The Labute approximate surface area is 226 Å². The molecule has 0 radical (unpaired) electrons. The van der Waals surface area contributed by atoms with Crippen molar-refractivity contribution in [1.82, 2.24) is 35.0 Å². The number of benzene rings is 1. The summed E-state index contributed by atoms with van der Waals surface area (Å²) in [6.45, 7) is 3.07. The van der Waals surface area contributed by atoms with Gasteiger partial charge in [0.1, 0.15) is 17.2 Å². The van der Waals surface area contributed by atoms with Gasteiger partial charge in [0, 0.05) is 34.9 Å². The molecule has 0 saturated heterocycles. The quantitative estimate of drug-likeness (QED) is 0.242. The highest BCUT2D eigenvalue weighted by atomic mass is 19.1. The van der Waals surface area contributed by atoms with Gasteiger partial charge in [0.15, 0.2) is 0 Å². The highest BCUT2D eigenvalue weighted by Gasteiger charge is 2.16. The van der Waals surface area contributed by atoms with Crippen LogP contribution in [-0.2, 0) is 12.8 Å². The summed E-state index contributed by atoms with van der Waals surface area (Å²) in [5.41, 5.74) is 8.91. The second-order valence-corrected chi connectivity index (χ2v) is 10.2. The summed E-state index contributed by atoms with van der Waals surface area (Å²) < 4.78 is 14.7. The number of fused-ring (bicyclic) bond motifs is 2. The van der Waals surface area contributed by atoms with Crippen LogP contribution in [0.25, 0.3) is 55.7 Å². The van der Waals surface area contributed by atoms with Crippen LogP contribution in [0.2, 0.25) is 0 Å². The Morgan fingerprint density at radius 3 is 2.62 bits per heavy atom. The number of aromatic amines is 2. The third-order valence-electron chi connectivity index (χ3n) is 7.07. The molecule has 0 aliphatic rings. The molecule has 0 unspecified atom stereocenters. The molecule has 0 spiro atoms. The summed E-state index contributed by atoms with van der Waals surface area (Å²) >= 11 is 0. The van der Waals surface area contributed by atoms with Crippen molar-refractivity contribution in [2.45, 2.75) is 26.2 Å². The van der Waals surface area contributed by atoms with E-state index in [9.17, 15) is 4.39 Å². The summed E-state index contributed by atoms with van der Waals surface area (Å²) in [5, 5.41) is 9.57. The Hall–Kier alpha value is -4.43. The number of nitrogens with one attached hydrogen (secondary N) is 2. The number of hydrogen-bond acceptors (Lipinski definition) is 5. The first-order valence-electron chi connectivity index (χ1n) is 13.2. The summed E-state index contributed by atoms with van der Waals surface area (Å²) in [4.78, 5) is 19.1. The molecular weight excluding hydrogens is 489 g/mol. The Kier molecular flexibility index (Phi) is 6.62. The fourth-order valence-corrected chi connectivity index (χ4v) is 5.06. The number of halogens is 1. The molecule has 0 aliphatic carbocycles. The number of nitrogens with zero attached hydrogens (tertiary/aromatic N) is 5. The van der Waals surface area contributed by atoms with Crippen molar-refractivity contribution in [3.63, 3.8) is 0 Å². The number of H-pyrrole nitrogens is 2. The van der Waals surface area contributed by atoms with E-state index in [1.165, 1.54) is 0 Å². The van der Waals surface area contributed by atoms with Crippen LogP contribution in [0.5, 0.6) is 0 Å². The van der Waals surface area contributed by atoms with E-state index >= 15 is 0 Å². The molecule has 0 amide bonds. The van der Waals surface area contributed by atoms with Gasteiger partial charge in [-0.2, -0.15) is 5.10 Å².